The molecule has 2 heterocycles. The molecule has 1 unspecified atom stereocenters. The second kappa shape index (κ2) is 7.32. The normalized spacial score (nSPS) is 12.3. The van der Waals surface area contributed by atoms with Crippen molar-refractivity contribution in [2.24, 2.45) is 0 Å². The van der Waals surface area contributed by atoms with Crippen molar-refractivity contribution >= 4 is 51.4 Å². The molecule has 0 fully saturated rings. The number of nitrogens with zero attached hydrogens (tertiary/aromatic N) is 3. The van der Waals surface area contributed by atoms with Gasteiger partial charge in [-0.25, -0.2) is 19.1 Å². The minimum atomic E-state index is -1.78. The van der Waals surface area contributed by atoms with Gasteiger partial charge in [0.15, 0.2) is 16.4 Å². The van der Waals surface area contributed by atoms with E-state index in [1.165, 1.54) is 18.3 Å². The van der Waals surface area contributed by atoms with Gasteiger partial charge < -0.3 is 4.55 Å². The van der Waals surface area contributed by atoms with Crippen LogP contribution in [0.5, 0.6) is 0 Å². The van der Waals surface area contributed by atoms with Crippen molar-refractivity contribution < 1.29 is 8.94 Å². The zero-order valence-electron chi connectivity index (χ0n) is 13.4. The van der Waals surface area contributed by atoms with Gasteiger partial charge in [-0.2, -0.15) is 5.10 Å². The van der Waals surface area contributed by atoms with Gasteiger partial charge in [0.2, 0.25) is 0 Å². The van der Waals surface area contributed by atoms with Gasteiger partial charge in [-0.15, -0.1) is 0 Å². The summed E-state index contributed by atoms with van der Waals surface area (Å²) < 4.78 is 29.6. The van der Waals surface area contributed by atoms with Crippen molar-refractivity contribution in [3.63, 3.8) is 0 Å². The fraction of sp³-hybridized carbons (Fsp3) is 0. The van der Waals surface area contributed by atoms with Crippen LogP contribution in [0.15, 0.2) is 53.7 Å². The fourth-order valence-electron chi connectivity index (χ4n) is 2.41. The van der Waals surface area contributed by atoms with E-state index in [1.54, 1.807) is 30.5 Å². The third-order valence-electron chi connectivity index (χ3n) is 3.74. The lowest BCUT2D eigenvalue weighted by molar-refractivity contribution is 0.598. The minimum Gasteiger partial charge on any atom is -0.588 e. The van der Waals surface area contributed by atoms with E-state index in [9.17, 15) is 8.94 Å². The Balaban J connectivity index is 1.60. The Morgan fingerprint density at radius 2 is 2.00 bits per heavy atom. The highest BCUT2D eigenvalue weighted by molar-refractivity contribution is 7.92. The van der Waals surface area contributed by atoms with Gasteiger partial charge in [0.25, 0.3) is 0 Å². The van der Waals surface area contributed by atoms with Crippen molar-refractivity contribution in [2.75, 3.05) is 4.72 Å². The number of rotatable bonds is 4. The predicted octanol–water partition coefficient (Wildman–Crippen LogP) is 4.60. The molecule has 0 aliphatic heterocycles. The fourth-order valence-corrected chi connectivity index (χ4v) is 3.92. The van der Waals surface area contributed by atoms with Gasteiger partial charge in [0.05, 0.1) is 23.1 Å². The summed E-state index contributed by atoms with van der Waals surface area (Å²) in [6, 6.07) is 9.16. The molecular formula is C17H10Cl2FN5OS. The van der Waals surface area contributed by atoms with Crippen LogP contribution in [0.25, 0.3) is 22.4 Å². The lowest BCUT2D eigenvalue weighted by Gasteiger charge is -2.14. The maximum atomic E-state index is 14.5. The van der Waals surface area contributed by atoms with E-state index in [-0.39, 0.29) is 20.6 Å². The third kappa shape index (κ3) is 3.57. The maximum absolute atomic E-state index is 14.5. The van der Waals surface area contributed by atoms with Gasteiger partial charge in [0, 0.05) is 5.56 Å². The molecule has 2 N–H and O–H groups in total. The Kier molecular flexibility index (Phi) is 4.88. The van der Waals surface area contributed by atoms with Gasteiger partial charge in [0.1, 0.15) is 27.6 Å². The highest BCUT2D eigenvalue weighted by Gasteiger charge is 2.20. The summed E-state index contributed by atoms with van der Waals surface area (Å²) in [5, 5.41) is 7.00. The van der Waals surface area contributed by atoms with Crippen LogP contribution in [0.2, 0.25) is 10.0 Å². The molecule has 10 heteroatoms. The number of anilines is 1. The SMILES string of the molecule is [O-][S+](Nc1ccc(-c2cnc3cn[nH]c3n2)cc1F)c1cccc(Cl)c1Cl. The van der Waals surface area contributed by atoms with Crippen molar-refractivity contribution in [2.45, 2.75) is 4.90 Å². The molecule has 2 aromatic carbocycles. The number of hydrogen-bond donors (Lipinski definition) is 2. The van der Waals surface area contributed by atoms with Crippen molar-refractivity contribution in [3.8, 4) is 11.3 Å². The first-order chi connectivity index (χ1) is 13.0. The highest BCUT2D eigenvalue weighted by atomic mass is 35.5. The molecule has 0 bridgehead atoms. The molecule has 2 aromatic heterocycles. The molecule has 0 amide bonds. The largest absolute Gasteiger partial charge is 0.588 e. The van der Waals surface area contributed by atoms with E-state index in [2.05, 4.69) is 24.9 Å². The molecule has 4 aromatic rings. The minimum absolute atomic E-state index is 0.0590. The number of fused-ring (bicyclic) bond motifs is 1. The molecular weight excluding hydrogens is 412 g/mol. The summed E-state index contributed by atoms with van der Waals surface area (Å²) in [6.07, 6.45) is 3.08. The van der Waals surface area contributed by atoms with Crippen LogP contribution in [0, 0.1) is 5.82 Å². The van der Waals surface area contributed by atoms with E-state index in [1.807, 2.05) is 0 Å². The van der Waals surface area contributed by atoms with Crippen molar-refractivity contribution in [1.29, 1.82) is 0 Å². The number of H-pyrrole nitrogens is 1. The first kappa shape index (κ1) is 18.0. The van der Waals surface area contributed by atoms with Gasteiger partial charge in [-0.1, -0.05) is 35.3 Å². The molecule has 6 nitrogen and oxygen atoms in total. The predicted molar refractivity (Wildman–Crippen MR) is 104 cm³/mol. The molecule has 0 aliphatic carbocycles. The summed E-state index contributed by atoms with van der Waals surface area (Å²) in [7, 11) is 0. The molecule has 1 atom stereocenters. The molecule has 0 saturated heterocycles. The van der Waals surface area contributed by atoms with Gasteiger partial charge in [-0.3, -0.25) is 5.10 Å². The third-order valence-corrected chi connectivity index (χ3v) is 5.82. The Labute approximate surface area is 166 Å². The van der Waals surface area contributed by atoms with E-state index >= 15 is 0 Å². The number of benzene rings is 2. The summed E-state index contributed by atoms with van der Waals surface area (Å²) in [5.74, 6) is -0.592. The van der Waals surface area contributed by atoms with Crippen LogP contribution < -0.4 is 4.72 Å². The van der Waals surface area contributed by atoms with Crippen LogP contribution in [-0.2, 0) is 11.4 Å². The molecule has 27 heavy (non-hydrogen) atoms. The number of hydrogen-bond acceptors (Lipinski definition) is 5. The average molecular weight is 422 g/mol. The summed E-state index contributed by atoms with van der Waals surface area (Å²) >= 11 is 10.2. The summed E-state index contributed by atoms with van der Waals surface area (Å²) in [5.41, 5.74) is 2.19. The molecule has 136 valence electrons. The Morgan fingerprint density at radius 3 is 2.81 bits per heavy atom. The smallest absolute Gasteiger partial charge is 0.199 e. The van der Waals surface area contributed by atoms with Crippen LogP contribution in [0.3, 0.4) is 0 Å². The standard InChI is InChI=1S/C17H10Cl2FN5OS/c18-10-2-1-3-15(16(10)19)27(26)25-12-5-4-9(6-11(12)20)13-7-21-14-8-22-24-17(14)23-13/h1-8,25H,(H,22,23,24). The maximum Gasteiger partial charge on any atom is 0.199 e. The molecule has 0 aliphatic rings. The zero-order chi connectivity index (χ0) is 19.0. The molecule has 4 rings (SSSR count). The average Bonchev–Trinajstić information content (AvgIpc) is 3.13. The Hall–Kier alpha value is -2.39. The number of aromatic amines is 1. The molecule has 0 spiro atoms. The lowest BCUT2D eigenvalue weighted by atomic mass is 10.1. The van der Waals surface area contributed by atoms with Crippen LogP contribution >= 0.6 is 23.2 Å². The zero-order valence-corrected chi connectivity index (χ0v) is 15.7. The quantitative estimate of drug-likeness (QED) is 0.469. The second-order valence-electron chi connectivity index (χ2n) is 5.48. The van der Waals surface area contributed by atoms with Crippen LogP contribution in [0.1, 0.15) is 0 Å². The summed E-state index contributed by atoms with van der Waals surface area (Å²) in [4.78, 5) is 8.82. The number of nitrogens with one attached hydrogen (secondary N) is 2. The Bertz CT molecular complexity index is 1140. The molecule has 0 saturated carbocycles. The van der Waals surface area contributed by atoms with Crippen molar-refractivity contribution in [3.05, 3.63) is 64.7 Å². The van der Waals surface area contributed by atoms with E-state index < -0.39 is 17.2 Å². The first-order valence-corrected chi connectivity index (χ1v) is 9.52. The second-order valence-corrected chi connectivity index (χ2v) is 7.44. The summed E-state index contributed by atoms with van der Waals surface area (Å²) in [6.45, 7) is 0. The van der Waals surface area contributed by atoms with Crippen molar-refractivity contribution in [1.82, 2.24) is 20.2 Å². The number of aromatic nitrogens is 4. The topological polar surface area (TPSA) is 89.5 Å². The monoisotopic (exact) mass is 421 g/mol. The van der Waals surface area contributed by atoms with Gasteiger partial charge in [-0.05, 0) is 24.3 Å². The molecule has 0 radical (unpaired) electrons. The van der Waals surface area contributed by atoms with Crippen LogP contribution in [0.4, 0.5) is 10.1 Å². The van der Waals surface area contributed by atoms with E-state index in [0.29, 0.717) is 22.4 Å². The first-order valence-electron chi connectivity index (χ1n) is 7.61. The Morgan fingerprint density at radius 1 is 1.15 bits per heavy atom. The van der Waals surface area contributed by atoms with Crippen LogP contribution in [-0.4, -0.2) is 24.7 Å². The lowest BCUT2D eigenvalue weighted by Crippen LogP contribution is -2.14. The van der Waals surface area contributed by atoms with E-state index in [0.717, 1.165) is 0 Å². The van der Waals surface area contributed by atoms with E-state index in [4.69, 9.17) is 23.2 Å². The van der Waals surface area contributed by atoms with Gasteiger partial charge >= 0.3 is 0 Å². The highest BCUT2D eigenvalue weighted by Crippen LogP contribution is 2.31. The number of halogens is 3.